The topological polar surface area (TPSA) is 61.2 Å². The highest BCUT2D eigenvalue weighted by atomic mass is 35.5. The van der Waals surface area contributed by atoms with Crippen LogP contribution in [0.3, 0.4) is 0 Å². The fraction of sp³-hybridized carbons (Fsp3) is 0.118. The van der Waals surface area contributed by atoms with Gasteiger partial charge >= 0.3 is 5.97 Å². The summed E-state index contributed by atoms with van der Waals surface area (Å²) in [5.41, 5.74) is 1.17. The van der Waals surface area contributed by atoms with Gasteiger partial charge in [-0.05, 0) is 42.8 Å². The van der Waals surface area contributed by atoms with Gasteiger partial charge in [-0.25, -0.2) is 4.79 Å². The molecule has 5 nitrogen and oxygen atoms in total. The van der Waals surface area contributed by atoms with Crippen LogP contribution in [0, 0.1) is 6.92 Å². The predicted molar refractivity (Wildman–Crippen MR) is 87.8 cm³/mol. The molecular weight excluding hydrogens is 316 g/mol. The first-order valence-corrected chi connectivity index (χ1v) is 7.34. The Bertz CT molecular complexity index is 950. The zero-order chi connectivity index (χ0) is 16.4. The van der Waals surface area contributed by atoms with E-state index in [2.05, 4.69) is 5.10 Å². The summed E-state index contributed by atoms with van der Waals surface area (Å²) in [7, 11) is 0. The lowest BCUT2D eigenvalue weighted by Gasteiger charge is -2.10. The van der Waals surface area contributed by atoms with Crippen LogP contribution in [-0.4, -0.2) is 15.7 Å². The average Bonchev–Trinajstić information content (AvgIpc) is 2.53. The number of hydrogen-bond acceptors (Lipinski definition) is 4. The summed E-state index contributed by atoms with van der Waals surface area (Å²) in [6.45, 7) is 1.71. The lowest BCUT2D eigenvalue weighted by Crippen LogP contribution is -2.21. The van der Waals surface area contributed by atoms with Gasteiger partial charge in [0.05, 0.1) is 11.7 Å². The third kappa shape index (κ3) is 3.24. The van der Waals surface area contributed by atoms with Crippen LogP contribution >= 0.6 is 11.6 Å². The van der Waals surface area contributed by atoms with Crippen molar-refractivity contribution in [1.82, 2.24) is 9.78 Å². The predicted octanol–water partition coefficient (Wildman–Crippen LogP) is 2.96. The molecule has 1 heterocycles. The molecule has 1 aromatic heterocycles. The number of hydrogen-bond donors (Lipinski definition) is 0. The molecule has 0 aliphatic carbocycles. The second kappa shape index (κ2) is 6.22. The summed E-state index contributed by atoms with van der Waals surface area (Å²) in [5.74, 6) is -0.0264. The SMILES string of the molecule is Cc1cc(Cl)ccc1OC(=O)Cn1ncc(=O)c2ccccc21. The lowest BCUT2D eigenvalue weighted by molar-refractivity contribution is -0.135. The van der Waals surface area contributed by atoms with Crippen LogP contribution in [0.25, 0.3) is 10.9 Å². The summed E-state index contributed by atoms with van der Waals surface area (Å²) >= 11 is 5.88. The minimum absolute atomic E-state index is 0.0944. The van der Waals surface area contributed by atoms with E-state index in [0.29, 0.717) is 21.7 Å². The number of aromatic nitrogens is 2. The standard InChI is InChI=1S/C17H13ClN2O3/c1-11-8-12(18)6-7-16(11)23-17(22)10-20-14-5-3-2-4-13(14)15(21)9-19-20/h2-9H,10H2,1H3. The van der Waals surface area contributed by atoms with Gasteiger partial charge in [0.2, 0.25) is 5.43 Å². The minimum atomic E-state index is -0.475. The first-order valence-electron chi connectivity index (χ1n) is 6.96. The average molecular weight is 329 g/mol. The van der Waals surface area contributed by atoms with Gasteiger partial charge < -0.3 is 4.74 Å². The Hall–Kier alpha value is -2.66. The van der Waals surface area contributed by atoms with Crippen molar-refractivity contribution in [3.05, 3.63) is 69.5 Å². The van der Waals surface area contributed by atoms with Crippen molar-refractivity contribution in [2.75, 3.05) is 0 Å². The van der Waals surface area contributed by atoms with Crippen LogP contribution in [0.5, 0.6) is 5.75 Å². The number of fused-ring (bicyclic) bond motifs is 1. The molecule has 3 rings (SSSR count). The van der Waals surface area contributed by atoms with Crippen molar-refractivity contribution in [3.8, 4) is 5.75 Å². The number of benzene rings is 2. The molecule has 0 aliphatic rings. The molecule has 3 aromatic rings. The number of nitrogens with zero attached hydrogens (tertiary/aromatic N) is 2. The number of carbonyl (C=O) groups excluding carboxylic acids is 1. The monoisotopic (exact) mass is 328 g/mol. The van der Waals surface area contributed by atoms with E-state index in [-0.39, 0.29) is 12.0 Å². The smallest absolute Gasteiger partial charge is 0.333 e. The summed E-state index contributed by atoms with van der Waals surface area (Å²) in [5, 5.41) is 5.10. The van der Waals surface area contributed by atoms with Gasteiger partial charge in [-0.15, -0.1) is 0 Å². The van der Waals surface area contributed by atoms with Crippen LogP contribution in [0.2, 0.25) is 5.02 Å². The fourth-order valence-electron chi connectivity index (χ4n) is 2.29. The van der Waals surface area contributed by atoms with Gasteiger partial charge in [0, 0.05) is 10.4 Å². The normalized spacial score (nSPS) is 10.7. The number of rotatable bonds is 3. The molecule has 0 aliphatic heterocycles. The molecule has 6 heteroatoms. The van der Waals surface area contributed by atoms with Crippen molar-refractivity contribution < 1.29 is 9.53 Å². The molecule has 2 aromatic carbocycles. The molecule has 23 heavy (non-hydrogen) atoms. The number of halogens is 1. The molecule has 0 atom stereocenters. The first kappa shape index (κ1) is 15.2. The van der Waals surface area contributed by atoms with Gasteiger partial charge in [-0.3, -0.25) is 9.48 Å². The van der Waals surface area contributed by atoms with Gasteiger partial charge in [0.1, 0.15) is 12.3 Å². The molecule has 0 amide bonds. The number of aryl methyl sites for hydroxylation is 1. The van der Waals surface area contributed by atoms with Crippen molar-refractivity contribution in [2.24, 2.45) is 0 Å². The highest BCUT2D eigenvalue weighted by Gasteiger charge is 2.11. The van der Waals surface area contributed by atoms with Crippen LogP contribution in [0.4, 0.5) is 0 Å². The number of para-hydroxylation sites is 1. The van der Waals surface area contributed by atoms with Crippen molar-refractivity contribution in [1.29, 1.82) is 0 Å². The van der Waals surface area contributed by atoms with Gasteiger partial charge in [-0.2, -0.15) is 5.10 Å². The molecule has 0 radical (unpaired) electrons. The summed E-state index contributed by atoms with van der Waals surface area (Å²) in [4.78, 5) is 23.9. The van der Waals surface area contributed by atoms with Crippen LogP contribution in [-0.2, 0) is 11.3 Å². The maximum Gasteiger partial charge on any atom is 0.333 e. The van der Waals surface area contributed by atoms with Gasteiger partial charge in [0.15, 0.2) is 0 Å². The second-order valence-corrected chi connectivity index (χ2v) is 5.50. The molecule has 0 N–H and O–H groups in total. The fourth-order valence-corrected chi connectivity index (χ4v) is 2.52. The van der Waals surface area contributed by atoms with E-state index in [1.54, 1.807) is 42.5 Å². The Balaban J connectivity index is 1.86. The number of ether oxygens (including phenoxy) is 1. The van der Waals surface area contributed by atoms with Crippen LogP contribution in [0.1, 0.15) is 5.56 Å². The Morgan fingerprint density at radius 2 is 2.04 bits per heavy atom. The molecule has 0 bridgehead atoms. The van der Waals surface area contributed by atoms with E-state index >= 15 is 0 Å². The summed E-state index contributed by atoms with van der Waals surface area (Å²) in [6, 6.07) is 12.0. The molecule has 116 valence electrons. The summed E-state index contributed by atoms with van der Waals surface area (Å²) in [6.07, 6.45) is 1.20. The lowest BCUT2D eigenvalue weighted by atomic mass is 10.2. The maximum atomic E-state index is 12.2. The third-order valence-electron chi connectivity index (χ3n) is 3.40. The number of esters is 1. The Labute approximate surface area is 137 Å². The van der Waals surface area contributed by atoms with E-state index in [4.69, 9.17) is 16.3 Å². The second-order valence-electron chi connectivity index (χ2n) is 5.07. The minimum Gasteiger partial charge on any atom is -0.425 e. The van der Waals surface area contributed by atoms with E-state index in [9.17, 15) is 9.59 Å². The molecule has 0 fully saturated rings. The van der Waals surface area contributed by atoms with Gasteiger partial charge in [-0.1, -0.05) is 23.7 Å². The molecule has 0 unspecified atom stereocenters. The van der Waals surface area contributed by atoms with E-state index in [1.165, 1.54) is 10.9 Å². The highest BCUT2D eigenvalue weighted by molar-refractivity contribution is 6.30. The van der Waals surface area contributed by atoms with Crippen molar-refractivity contribution in [3.63, 3.8) is 0 Å². The van der Waals surface area contributed by atoms with Gasteiger partial charge in [0.25, 0.3) is 0 Å². The first-order chi connectivity index (χ1) is 11.0. The zero-order valence-corrected chi connectivity index (χ0v) is 13.1. The van der Waals surface area contributed by atoms with E-state index < -0.39 is 5.97 Å². The molecule has 0 spiro atoms. The Morgan fingerprint density at radius 3 is 2.83 bits per heavy atom. The third-order valence-corrected chi connectivity index (χ3v) is 3.64. The van der Waals surface area contributed by atoms with Crippen LogP contribution in [0.15, 0.2) is 53.5 Å². The van der Waals surface area contributed by atoms with Crippen molar-refractivity contribution >= 4 is 28.5 Å². The number of carbonyl (C=O) groups is 1. The quantitative estimate of drug-likeness (QED) is 0.548. The van der Waals surface area contributed by atoms with E-state index in [1.807, 2.05) is 6.92 Å². The Kier molecular flexibility index (Phi) is 4.12. The van der Waals surface area contributed by atoms with Crippen molar-refractivity contribution in [2.45, 2.75) is 13.5 Å². The zero-order valence-electron chi connectivity index (χ0n) is 12.3. The highest BCUT2D eigenvalue weighted by Crippen LogP contribution is 2.22. The van der Waals surface area contributed by atoms with Crippen LogP contribution < -0.4 is 10.2 Å². The molecule has 0 saturated heterocycles. The largest absolute Gasteiger partial charge is 0.425 e. The van der Waals surface area contributed by atoms with E-state index in [0.717, 1.165) is 5.56 Å². The summed E-state index contributed by atoms with van der Waals surface area (Å²) < 4.78 is 6.80. The molecule has 0 saturated carbocycles. The Morgan fingerprint density at radius 1 is 1.26 bits per heavy atom. The molecular formula is C17H13ClN2O3. The maximum absolute atomic E-state index is 12.2.